The Kier molecular flexibility index (Phi) is 7.38. The van der Waals surface area contributed by atoms with Crippen LogP contribution in [0.3, 0.4) is 0 Å². The first-order chi connectivity index (χ1) is 17.5. The number of urea groups is 1. The normalized spacial score (nSPS) is 25.3. The Morgan fingerprint density at radius 2 is 1.72 bits per heavy atom. The predicted molar refractivity (Wildman–Crippen MR) is 133 cm³/mol. The van der Waals surface area contributed by atoms with E-state index >= 15 is 0 Å². The minimum Gasteiger partial charge on any atom is -0.487 e. The summed E-state index contributed by atoms with van der Waals surface area (Å²) in [5.41, 5.74) is 1.97. The molecule has 3 aliphatic rings. The average molecular weight is 498 g/mol. The number of hydrogen-bond acceptors (Lipinski definition) is 5. The average Bonchev–Trinajstić information content (AvgIpc) is 3.23. The molecule has 2 aliphatic heterocycles. The lowest BCUT2D eigenvalue weighted by atomic mass is 9.84. The second-order valence-electron chi connectivity index (χ2n) is 9.85. The van der Waals surface area contributed by atoms with Crippen LogP contribution < -0.4 is 20.7 Å². The zero-order valence-corrected chi connectivity index (χ0v) is 20.0. The zero-order chi connectivity index (χ0) is 25.1. The molecule has 9 heteroatoms. The summed E-state index contributed by atoms with van der Waals surface area (Å²) in [6, 6.07) is 10.7. The Morgan fingerprint density at radius 1 is 1.00 bits per heavy atom. The summed E-state index contributed by atoms with van der Waals surface area (Å²) >= 11 is 0. The van der Waals surface area contributed by atoms with E-state index in [1.165, 1.54) is 30.7 Å². The van der Waals surface area contributed by atoms with E-state index in [-0.39, 0.29) is 48.9 Å². The number of aliphatic hydroxyl groups is 1. The molecular formula is C27H32FN3O5. The van der Waals surface area contributed by atoms with Crippen LogP contribution in [0.5, 0.6) is 5.75 Å². The number of halogens is 1. The number of nitrogens with one attached hydrogen (secondary N) is 3. The van der Waals surface area contributed by atoms with Gasteiger partial charge in [0, 0.05) is 28.9 Å². The molecule has 2 aromatic rings. The van der Waals surface area contributed by atoms with Crippen molar-refractivity contribution in [3.05, 3.63) is 53.8 Å². The van der Waals surface area contributed by atoms with Gasteiger partial charge in [-0.3, -0.25) is 4.79 Å². The summed E-state index contributed by atoms with van der Waals surface area (Å²) in [6.07, 6.45) is 5.15. The van der Waals surface area contributed by atoms with Crippen LogP contribution in [0.1, 0.15) is 56.4 Å². The summed E-state index contributed by atoms with van der Waals surface area (Å²) < 4.78 is 25.3. The van der Waals surface area contributed by atoms with E-state index in [4.69, 9.17) is 9.47 Å². The highest BCUT2D eigenvalue weighted by molar-refractivity contribution is 5.99. The van der Waals surface area contributed by atoms with E-state index < -0.39 is 12.1 Å². The van der Waals surface area contributed by atoms with Crippen LogP contribution in [0, 0.1) is 5.82 Å². The Hall–Kier alpha value is -3.17. The van der Waals surface area contributed by atoms with Gasteiger partial charge in [0.25, 0.3) is 0 Å². The minimum atomic E-state index is -0.540. The van der Waals surface area contributed by atoms with Gasteiger partial charge in [0.05, 0.1) is 19.1 Å². The van der Waals surface area contributed by atoms with Crippen molar-refractivity contribution in [1.82, 2.24) is 5.32 Å². The van der Waals surface area contributed by atoms with E-state index in [0.717, 1.165) is 31.2 Å². The maximum Gasteiger partial charge on any atom is 0.323 e. The smallest absolute Gasteiger partial charge is 0.323 e. The third-order valence-electron chi connectivity index (χ3n) is 7.24. The van der Waals surface area contributed by atoms with Crippen LogP contribution in [0.4, 0.5) is 20.6 Å². The van der Waals surface area contributed by atoms with Gasteiger partial charge in [-0.05, 0) is 61.7 Å². The Morgan fingerprint density at radius 3 is 2.47 bits per heavy atom. The van der Waals surface area contributed by atoms with Crippen molar-refractivity contribution in [2.24, 2.45) is 0 Å². The third kappa shape index (κ3) is 5.63. The molecule has 5 rings (SSSR count). The minimum absolute atomic E-state index is 0.0194. The second-order valence-corrected chi connectivity index (χ2v) is 9.85. The largest absolute Gasteiger partial charge is 0.487 e. The zero-order valence-electron chi connectivity index (χ0n) is 20.0. The molecule has 8 nitrogen and oxygen atoms in total. The molecule has 1 aliphatic carbocycles. The standard InChI is InChI=1S/C27H32FN3O5/c28-16-6-8-18(9-7-16)30-27(34)31-19-10-11-23-21(12-19)22-13-20(35-24(15-32)26(22)36-23)14-25(33)29-17-4-2-1-3-5-17/h6-12,17,20,22,24,26,32H,1-5,13-15H2,(H,29,33)(H2,30,31,34)/t20-,22+,24+,26-/m0/s1. The highest BCUT2D eigenvalue weighted by Crippen LogP contribution is 2.47. The van der Waals surface area contributed by atoms with E-state index in [0.29, 0.717) is 23.5 Å². The lowest BCUT2D eigenvalue weighted by Gasteiger charge is -2.37. The molecular weight excluding hydrogens is 465 g/mol. The molecule has 2 aromatic carbocycles. The highest BCUT2D eigenvalue weighted by atomic mass is 19.1. The van der Waals surface area contributed by atoms with Crippen LogP contribution in [0.25, 0.3) is 0 Å². The number of fused-ring (bicyclic) bond motifs is 3. The lowest BCUT2D eigenvalue weighted by molar-refractivity contribution is -0.142. The predicted octanol–water partition coefficient (Wildman–Crippen LogP) is 4.30. The molecule has 0 aromatic heterocycles. The first kappa shape index (κ1) is 24.5. The van der Waals surface area contributed by atoms with Crippen molar-refractivity contribution < 1.29 is 28.6 Å². The fraction of sp³-hybridized carbons (Fsp3) is 0.481. The number of anilines is 2. The van der Waals surface area contributed by atoms with Crippen LogP contribution in [0.2, 0.25) is 0 Å². The van der Waals surface area contributed by atoms with Crippen LogP contribution in [-0.2, 0) is 9.53 Å². The number of ether oxygens (including phenoxy) is 2. The molecule has 3 amide bonds. The number of rotatable bonds is 6. The number of aliphatic hydroxyl groups excluding tert-OH is 1. The van der Waals surface area contributed by atoms with Gasteiger partial charge >= 0.3 is 6.03 Å². The van der Waals surface area contributed by atoms with Crippen molar-refractivity contribution in [3.8, 4) is 5.75 Å². The van der Waals surface area contributed by atoms with Gasteiger partial charge in [0.1, 0.15) is 23.8 Å². The molecule has 4 N–H and O–H groups in total. The Labute approximate surface area is 209 Å². The van der Waals surface area contributed by atoms with Crippen molar-refractivity contribution >= 4 is 23.3 Å². The number of carbonyl (C=O) groups is 2. The van der Waals surface area contributed by atoms with E-state index in [1.54, 1.807) is 12.1 Å². The second kappa shape index (κ2) is 10.8. The van der Waals surface area contributed by atoms with E-state index in [9.17, 15) is 19.1 Å². The van der Waals surface area contributed by atoms with Crippen LogP contribution in [0.15, 0.2) is 42.5 Å². The molecule has 0 bridgehead atoms. The highest BCUT2D eigenvalue weighted by Gasteiger charge is 2.46. The van der Waals surface area contributed by atoms with Gasteiger partial charge < -0.3 is 30.5 Å². The van der Waals surface area contributed by atoms with Crippen LogP contribution in [-0.4, -0.2) is 48.0 Å². The number of amides is 3. The summed E-state index contributed by atoms with van der Waals surface area (Å²) in [7, 11) is 0. The molecule has 0 spiro atoms. The Balaban J connectivity index is 1.24. The van der Waals surface area contributed by atoms with Gasteiger partial charge in [-0.2, -0.15) is 0 Å². The van der Waals surface area contributed by atoms with Gasteiger partial charge in [-0.1, -0.05) is 19.3 Å². The fourth-order valence-corrected chi connectivity index (χ4v) is 5.53. The Bertz CT molecular complexity index is 1090. The number of benzene rings is 2. The lowest BCUT2D eigenvalue weighted by Crippen LogP contribution is -2.48. The van der Waals surface area contributed by atoms with Gasteiger partial charge in [0.2, 0.25) is 5.91 Å². The summed E-state index contributed by atoms with van der Waals surface area (Å²) in [5, 5.41) is 18.6. The molecule has 0 radical (unpaired) electrons. The maximum absolute atomic E-state index is 13.1. The van der Waals surface area contributed by atoms with Crippen molar-refractivity contribution in [2.75, 3.05) is 17.2 Å². The molecule has 1 saturated heterocycles. The molecule has 1 saturated carbocycles. The quantitative estimate of drug-likeness (QED) is 0.476. The topological polar surface area (TPSA) is 109 Å². The van der Waals surface area contributed by atoms with Crippen molar-refractivity contribution in [2.45, 2.75) is 75.2 Å². The number of hydrogen-bond donors (Lipinski definition) is 4. The van der Waals surface area contributed by atoms with Gasteiger partial charge in [-0.25, -0.2) is 9.18 Å². The third-order valence-corrected chi connectivity index (χ3v) is 7.24. The first-order valence-corrected chi connectivity index (χ1v) is 12.7. The first-order valence-electron chi connectivity index (χ1n) is 12.7. The summed E-state index contributed by atoms with van der Waals surface area (Å²) in [6.45, 7) is -0.207. The monoisotopic (exact) mass is 497 g/mol. The maximum atomic E-state index is 13.1. The molecule has 36 heavy (non-hydrogen) atoms. The van der Waals surface area contributed by atoms with E-state index in [2.05, 4.69) is 16.0 Å². The molecule has 4 atom stereocenters. The fourth-order valence-electron chi connectivity index (χ4n) is 5.53. The van der Waals surface area contributed by atoms with Gasteiger partial charge in [-0.15, -0.1) is 0 Å². The summed E-state index contributed by atoms with van der Waals surface area (Å²) in [5.74, 6) is 0.217. The van der Waals surface area contributed by atoms with E-state index in [1.807, 2.05) is 6.07 Å². The molecule has 192 valence electrons. The van der Waals surface area contributed by atoms with Crippen molar-refractivity contribution in [1.29, 1.82) is 0 Å². The number of carbonyl (C=O) groups excluding carboxylic acids is 2. The molecule has 2 heterocycles. The summed E-state index contributed by atoms with van der Waals surface area (Å²) in [4.78, 5) is 25.1. The van der Waals surface area contributed by atoms with Crippen molar-refractivity contribution in [3.63, 3.8) is 0 Å². The van der Waals surface area contributed by atoms with Crippen LogP contribution >= 0.6 is 0 Å². The molecule has 0 unspecified atom stereocenters. The molecule has 2 fully saturated rings. The SMILES string of the molecule is O=C(C[C@@H]1C[C@@H]2c3cc(NC(=O)Nc4ccc(F)cc4)ccc3O[C@@H]2[C@@H](CO)O1)NC1CCCCC1. The van der Waals surface area contributed by atoms with Gasteiger partial charge in [0.15, 0.2) is 0 Å².